The van der Waals surface area contributed by atoms with Crippen molar-refractivity contribution < 1.29 is 24.3 Å². The van der Waals surface area contributed by atoms with Crippen LogP contribution in [0.4, 0.5) is 23.0 Å². The van der Waals surface area contributed by atoms with Crippen LogP contribution in [0.5, 0.6) is 0 Å². The summed E-state index contributed by atoms with van der Waals surface area (Å²) in [6.45, 7) is 12.0. The quantitative estimate of drug-likeness (QED) is 0.174. The second-order valence-corrected chi connectivity index (χ2v) is 19.8. The summed E-state index contributed by atoms with van der Waals surface area (Å²) >= 11 is 0. The second-order valence-electron chi connectivity index (χ2n) is 19.8. The van der Waals surface area contributed by atoms with E-state index >= 15 is 0 Å². The lowest BCUT2D eigenvalue weighted by Gasteiger charge is -2.48. The van der Waals surface area contributed by atoms with Crippen molar-refractivity contribution in [2.24, 2.45) is 12.5 Å². The van der Waals surface area contributed by atoms with Gasteiger partial charge in [0.2, 0.25) is 11.8 Å². The Bertz CT molecular complexity index is 2910. The Morgan fingerprint density at radius 1 is 0.866 bits per heavy atom. The van der Waals surface area contributed by atoms with E-state index in [1.54, 1.807) is 35.3 Å². The molecule has 67 heavy (non-hydrogen) atoms. The molecule has 3 N–H and O–H groups in total. The van der Waals surface area contributed by atoms with E-state index in [2.05, 4.69) is 54.8 Å². The van der Waals surface area contributed by atoms with Gasteiger partial charge in [0.05, 0.1) is 18.5 Å². The van der Waals surface area contributed by atoms with Crippen LogP contribution < -0.4 is 26.0 Å². The van der Waals surface area contributed by atoms with Crippen LogP contribution in [0, 0.1) is 5.41 Å². The molecule has 11 rings (SSSR count). The topological polar surface area (TPSA) is 181 Å². The number of likely N-dealkylation sites (tertiary alicyclic amines) is 1. The van der Waals surface area contributed by atoms with Crippen molar-refractivity contribution in [1.82, 2.24) is 39.1 Å². The van der Waals surface area contributed by atoms with E-state index in [9.17, 15) is 29.1 Å². The highest BCUT2D eigenvalue weighted by Gasteiger charge is 2.41. The minimum absolute atomic E-state index is 0.128. The molecule has 346 valence electrons. The third-order valence-corrected chi connectivity index (χ3v) is 14.7. The smallest absolute Gasteiger partial charge is 0.276 e. The van der Waals surface area contributed by atoms with Crippen molar-refractivity contribution in [3.05, 3.63) is 117 Å². The summed E-state index contributed by atoms with van der Waals surface area (Å²) in [6, 6.07) is 15.4. The minimum Gasteiger partial charge on any atom is -0.392 e. The first-order valence-corrected chi connectivity index (χ1v) is 23.3. The number of aromatic nitrogens is 4. The van der Waals surface area contributed by atoms with Gasteiger partial charge in [0.1, 0.15) is 29.1 Å². The Balaban J connectivity index is 0.695. The number of hydrogen-bond acceptors (Lipinski definition) is 12. The molecule has 1 aliphatic carbocycles. The summed E-state index contributed by atoms with van der Waals surface area (Å²) in [7, 11) is 1.69. The summed E-state index contributed by atoms with van der Waals surface area (Å²) in [5.74, 6) is -0.0100. The number of carbonyl (C=O) groups excluding carboxylic acids is 4. The summed E-state index contributed by atoms with van der Waals surface area (Å²) < 4.78 is 3.67. The van der Waals surface area contributed by atoms with Crippen molar-refractivity contribution in [2.45, 2.75) is 77.9 Å². The predicted octanol–water partition coefficient (Wildman–Crippen LogP) is 3.43. The number of hydrogen-bond donors (Lipinski definition) is 3. The molecule has 4 aromatic heterocycles. The molecule has 17 heteroatoms. The highest BCUT2D eigenvalue weighted by molar-refractivity contribution is 6.07. The average molecular weight is 906 g/mol. The maximum atomic E-state index is 14.0. The van der Waals surface area contributed by atoms with Gasteiger partial charge in [0.15, 0.2) is 0 Å². The van der Waals surface area contributed by atoms with E-state index in [0.717, 1.165) is 75.5 Å². The number of aliphatic hydroxyl groups excluding tert-OH is 1. The Kier molecular flexibility index (Phi) is 10.6. The number of anilines is 4. The van der Waals surface area contributed by atoms with Crippen molar-refractivity contribution in [2.75, 3.05) is 60.9 Å². The third kappa shape index (κ3) is 7.77. The lowest BCUT2D eigenvalue weighted by Crippen LogP contribution is -2.62. The molecule has 3 saturated heterocycles. The molecule has 3 fully saturated rings. The Labute approximate surface area is 388 Å². The van der Waals surface area contributed by atoms with Crippen LogP contribution in [0.2, 0.25) is 0 Å². The first kappa shape index (κ1) is 42.9. The summed E-state index contributed by atoms with van der Waals surface area (Å²) in [5.41, 5.74) is 9.04. The van der Waals surface area contributed by atoms with Crippen molar-refractivity contribution in [1.29, 1.82) is 0 Å². The van der Waals surface area contributed by atoms with Gasteiger partial charge in [-0.15, -0.1) is 0 Å². The molecule has 0 saturated carbocycles. The lowest BCUT2D eigenvalue weighted by molar-refractivity contribution is -0.136. The molecule has 1 aromatic carbocycles. The maximum absolute atomic E-state index is 14.0. The second kappa shape index (κ2) is 16.6. The Hall–Kier alpha value is -6.69. The number of aryl methyl sites for hydroxylation is 1. The van der Waals surface area contributed by atoms with Crippen LogP contribution in [-0.4, -0.2) is 120 Å². The molecule has 9 heterocycles. The monoisotopic (exact) mass is 905 g/mol. The number of imide groups is 1. The molecule has 6 aliphatic rings. The summed E-state index contributed by atoms with van der Waals surface area (Å²) in [4.78, 5) is 84.6. The molecule has 1 atom stereocenters. The zero-order valence-corrected chi connectivity index (χ0v) is 38.1. The van der Waals surface area contributed by atoms with E-state index < -0.39 is 11.9 Å². The third-order valence-electron chi connectivity index (χ3n) is 14.7. The van der Waals surface area contributed by atoms with E-state index in [0.29, 0.717) is 77.4 Å². The predicted molar refractivity (Wildman–Crippen MR) is 251 cm³/mol. The number of pyridine rings is 3. The molecule has 1 unspecified atom stereocenters. The molecular formula is C50H55N11O6. The fourth-order valence-electron chi connectivity index (χ4n) is 11.2. The highest BCUT2D eigenvalue weighted by atomic mass is 16.3. The van der Waals surface area contributed by atoms with E-state index in [-0.39, 0.29) is 41.7 Å². The Morgan fingerprint density at radius 3 is 2.45 bits per heavy atom. The standard InChI is InChI=1S/C50H55N11O6/c1-50(2)21-31-20-41-49(67)60(17-16-59(41)42(31)22-50)45-38(29-62)36(10-11-51-45)33-19-39(48(66)55(3)25-33)53-43-8-5-34(23-52-43)57-12-14-58(15-13-57)35-27-56(28-35)24-30-4-6-37-32(18-30)26-61(47(37)65)40-7-9-44(63)54-46(40)64/h4-6,8,10-11,18-20,23,25,35,40,62H,7,9,12-17,21-22,24,26-29H2,1-3H3,(H,52,53)(H,54,63,64). The van der Waals surface area contributed by atoms with Crippen molar-refractivity contribution >= 4 is 46.6 Å². The zero-order chi connectivity index (χ0) is 46.3. The SMILES string of the molecule is Cn1cc(-c2ccnc(N3CCn4c(cc5c4CC(C)(C)C5)C3=O)c2CO)cc(Nc2ccc(N3CCN(C4CN(Cc5ccc6c(c5)CN(C5CCC(=O)NC5=O)C6=O)C4)CC3)cn2)c1=O. The van der Waals surface area contributed by atoms with Crippen LogP contribution in [0.1, 0.15) is 75.5 Å². The fraction of sp³-hybridized carbons (Fsp3) is 0.420. The minimum atomic E-state index is -0.613. The molecule has 17 nitrogen and oxygen atoms in total. The number of piperidine rings is 1. The normalized spacial score (nSPS) is 20.8. The molecule has 5 aromatic rings. The number of benzene rings is 1. The number of aliphatic hydroxyl groups is 1. The van der Waals surface area contributed by atoms with Crippen molar-refractivity contribution in [3.63, 3.8) is 0 Å². The maximum Gasteiger partial charge on any atom is 0.276 e. The number of piperazine rings is 1. The van der Waals surface area contributed by atoms with Gasteiger partial charge >= 0.3 is 0 Å². The largest absolute Gasteiger partial charge is 0.392 e. The van der Waals surface area contributed by atoms with Crippen LogP contribution in [0.25, 0.3) is 11.1 Å². The van der Waals surface area contributed by atoms with E-state index in [4.69, 9.17) is 4.98 Å². The van der Waals surface area contributed by atoms with E-state index in [1.165, 1.54) is 15.8 Å². The fourth-order valence-corrected chi connectivity index (χ4v) is 11.2. The Morgan fingerprint density at radius 2 is 1.69 bits per heavy atom. The number of amides is 4. The summed E-state index contributed by atoms with van der Waals surface area (Å²) in [5, 5.41) is 16.4. The van der Waals surface area contributed by atoms with Gasteiger partial charge in [-0.2, -0.15) is 0 Å². The van der Waals surface area contributed by atoms with Gasteiger partial charge < -0.3 is 29.4 Å². The van der Waals surface area contributed by atoms with Crippen molar-refractivity contribution in [3.8, 4) is 11.1 Å². The zero-order valence-electron chi connectivity index (χ0n) is 38.1. The van der Waals surface area contributed by atoms with Gasteiger partial charge in [-0.1, -0.05) is 26.0 Å². The van der Waals surface area contributed by atoms with Crippen LogP contribution in [-0.2, 0) is 55.7 Å². The van der Waals surface area contributed by atoms with Crippen LogP contribution >= 0.6 is 0 Å². The number of nitrogens with zero attached hydrogens (tertiary/aromatic N) is 9. The average Bonchev–Trinajstić information content (AvgIpc) is 3.92. The number of fused-ring (bicyclic) bond motifs is 4. The van der Waals surface area contributed by atoms with Gasteiger partial charge in [-0.05, 0) is 83.3 Å². The molecule has 0 radical (unpaired) electrons. The van der Waals surface area contributed by atoms with E-state index in [1.807, 2.05) is 42.6 Å². The van der Waals surface area contributed by atoms with Crippen LogP contribution in [0.3, 0.4) is 0 Å². The molecule has 5 aliphatic heterocycles. The number of nitrogens with one attached hydrogen (secondary N) is 2. The van der Waals surface area contributed by atoms with Gasteiger partial charge in [0.25, 0.3) is 17.4 Å². The first-order valence-electron chi connectivity index (χ1n) is 23.3. The van der Waals surface area contributed by atoms with Crippen LogP contribution in [0.15, 0.2) is 71.9 Å². The highest BCUT2D eigenvalue weighted by Crippen LogP contribution is 2.40. The van der Waals surface area contributed by atoms with Gasteiger partial charge in [0, 0.05) is 120 Å². The molecular weight excluding hydrogens is 851 g/mol. The number of rotatable bonds is 10. The van der Waals surface area contributed by atoms with Gasteiger partial charge in [-0.25, -0.2) is 9.97 Å². The molecule has 4 amide bonds. The number of carbonyl (C=O) groups is 4. The molecule has 0 bridgehead atoms. The summed E-state index contributed by atoms with van der Waals surface area (Å²) in [6.07, 6.45) is 7.70. The van der Waals surface area contributed by atoms with Gasteiger partial charge in [-0.3, -0.25) is 44.0 Å². The lowest BCUT2D eigenvalue weighted by atomic mass is 9.90. The first-order chi connectivity index (χ1) is 32.3. The molecule has 0 spiro atoms.